The molecule has 1 aromatic carbocycles. The first-order valence-electron chi connectivity index (χ1n) is 8.57. The van der Waals surface area contributed by atoms with E-state index >= 15 is 0 Å². The highest BCUT2D eigenvalue weighted by Gasteiger charge is 2.22. The van der Waals surface area contributed by atoms with Crippen LogP contribution < -0.4 is 0 Å². The van der Waals surface area contributed by atoms with Gasteiger partial charge in [-0.2, -0.15) is 0 Å². The summed E-state index contributed by atoms with van der Waals surface area (Å²) in [7, 11) is 1.94. The zero-order chi connectivity index (χ0) is 17.7. The van der Waals surface area contributed by atoms with Crippen molar-refractivity contribution in [2.24, 2.45) is 5.92 Å². The van der Waals surface area contributed by atoms with Gasteiger partial charge >= 0.3 is 0 Å². The van der Waals surface area contributed by atoms with Crippen molar-refractivity contribution in [2.45, 2.75) is 32.0 Å². The second kappa shape index (κ2) is 8.85. The van der Waals surface area contributed by atoms with Gasteiger partial charge in [0.25, 0.3) is 0 Å². The lowest BCUT2D eigenvalue weighted by Crippen LogP contribution is -2.41. The fourth-order valence-corrected chi connectivity index (χ4v) is 3.36. The average Bonchev–Trinajstić information content (AvgIpc) is 2.51. The largest absolute Gasteiger partial charge is 0.392 e. The minimum atomic E-state index is -0.931. The second-order valence-electron chi connectivity index (χ2n) is 7.00. The maximum Gasteiger partial charge on any atom is 0.159 e. The number of hydrogen-bond donors (Lipinski definition) is 2. The molecule has 1 aliphatic heterocycles. The molecule has 2 rings (SSSR count). The van der Waals surface area contributed by atoms with Crippen LogP contribution in [0.3, 0.4) is 0 Å². The molecule has 2 atom stereocenters. The monoisotopic (exact) mass is 342 g/mol. The Morgan fingerprint density at radius 2 is 1.88 bits per heavy atom. The highest BCUT2D eigenvalue weighted by molar-refractivity contribution is 5.20. The van der Waals surface area contributed by atoms with Gasteiger partial charge in [0.2, 0.25) is 0 Å². The van der Waals surface area contributed by atoms with Crippen LogP contribution in [0.2, 0.25) is 0 Å². The van der Waals surface area contributed by atoms with E-state index in [1.54, 1.807) is 6.92 Å². The van der Waals surface area contributed by atoms with Crippen molar-refractivity contribution in [3.63, 3.8) is 0 Å². The summed E-state index contributed by atoms with van der Waals surface area (Å²) < 4.78 is 26.2. The number of halogens is 2. The molecular formula is C18H28F2N2O2. The van der Waals surface area contributed by atoms with E-state index in [9.17, 15) is 19.0 Å². The van der Waals surface area contributed by atoms with Crippen LogP contribution in [0.25, 0.3) is 0 Å². The van der Waals surface area contributed by atoms with Gasteiger partial charge in [0.15, 0.2) is 11.6 Å². The van der Waals surface area contributed by atoms with E-state index in [-0.39, 0.29) is 6.10 Å². The van der Waals surface area contributed by atoms with Crippen LogP contribution in [-0.2, 0) is 0 Å². The van der Waals surface area contributed by atoms with Crippen LogP contribution in [0.4, 0.5) is 8.78 Å². The standard InChI is InChI=1S/C18H28F2N2O2/c1-13(23)10-22-7-5-14(6-8-22)11-21(2)12-18(24)15-3-4-16(19)17(20)9-15/h3-4,9,13-14,18,23-24H,5-8,10-12H2,1-2H3/t13-,18+/m1/s1. The number of piperidine rings is 1. The molecule has 0 amide bonds. The number of nitrogens with zero attached hydrogens (tertiary/aromatic N) is 2. The lowest BCUT2D eigenvalue weighted by atomic mass is 9.96. The van der Waals surface area contributed by atoms with Gasteiger partial charge in [0, 0.05) is 19.6 Å². The topological polar surface area (TPSA) is 46.9 Å². The first-order chi connectivity index (χ1) is 11.3. The van der Waals surface area contributed by atoms with Gasteiger partial charge in [-0.1, -0.05) is 6.07 Å². The van der Waals surface area contributed by atoms with Crippen LogP contribution >= 0.6 is 0 Å². The van der Waals surface area contributed by atoms with Crippen LogP contribution in [-0.4, -0.2) is 65.9 Å². The molecule has 24 heavy (non-hydrogen) atoms. The number of rotatable bonds is 7. The van der Waals surface area contributed by atoms with Gasteiger partial charge in [-0.15, -0.1) is 0 Å². The average molecular weight is 342 g/mol. The molecule has 0 bridgehead atoms. The van der Waals surface area contributed by atoms with E-state index in [2.05, 4.69) is 4.90 Å². The Labute approximate surface area is 142 Å². The fraction of sp³-hybridized carbons (Fsp3) is 0.667. The van der Waals surface area contributed by atoms with Crippen molar-refractivity contribution >= 4 is 0 Å². The molecule has 6 heteroatoms. The van der Waals surface area contributed by atoms with Crippen molar-refractivity contribution < 1.29 is 19.0 Å². The molecule has 1 saturated heterocycles. The van der Waals surface area contributed by atoms with Crippen molar-refractivity contribution in [3.8, 4) is 0 Å². The first-order valence-corrected chi connectivity index (χ1v) is 8.57. The highest BCUT2D eigenvalue weighted by Crippen LogP contribution is 2.21. The van der Waals surface area contributed by atoms with Gasteiger partial charge in [0.1, 0.15) is 0 Å². The summed E-state index contributed by atoms with van der Waals surface area (Å²) in [5.74, 6) is -1.28. The summed E-state index contributed by atoms with van der Waals surface area (Å²) >= 11 is 0. The molecule has 0 radical (unpaired) electrons. The summed E-state index contributed by atoms with van der Waals surface area (Å²) in [6, 6.07) is 3.53. The van der Waals surface area contributed by atoms with Crippen LogP contribution in [0.15, 0.2) is 18.2 Å². The Balaban J connectivity index is 1.77. The zero-order valence-electron chi connectivity index (χ0n) is 14.5. The first kappa shape index (κ1) is 19.2. The van der Waals surface area contributed by atoms with Crippen molar-refractivity contribution in [1.29, 1.82) is 0 Å². The third kappa shape index (κ3) is 5.77. The van der Waals surface area contributed by atoms with Crippen molar-refractivity contribution in [2.75, 3.05) is 39.8 Å². The van der Waals surface area contributed by atoms with E-state index in [1.807, 2.05) is 11.9 Å². The molecule has 136 valence electrons. The maximum absolute atomic E-state index is 13.3. The van der Waals surface area contributed by atoms with Crippen LogP contribution in [0.5, 0.6) is 0 Å². The number of aliphatic hydroxyl groups excluding tert-OH is 2. The van der Waals surface area contributed by atoms with Gasteiger partial charge in [0.05, 0.1) is 12.2 Å². The number of aliphatic hydroxyl groups is 2. The summed E-state index contributed by atoms with van der Waals surface area (Å²) in [5, 5.41) is 19.6. The molecule has 2 N–H and O–H groups in total. The number of likely N-dealkylation sites (tertiary alicyclic amines) is 1. The smallest absolute Gasteiger partial charge is 0.159 e. The SMILES string of the molecule is C[C@@H](O)CN1CCC(CN(C)C[C@H](O)c2ccc(F)c(F)c2)CC1. The van der Waals surface area contributed by atoms with Gasteiger partial charge in [-0.25, -0.2) is 8.78 Å². The third-order valence-corrected chi connectivity index (χ3v) is 4.61. The minimum Gasteiger partial charge on any atom is -0.392 e. The molecule has 1 aliphatic rings. The predicted molar refractivity (Wildman–Crippen MR) is 89.7 cm³/mol. The van der Waals surface area contributed by atoms with Gasteiger partial charge < -0.3 is 20.0 Å². The van der Waals surface area contributed by atoms with Crippen LogP contribution in [0, 0.1) is 17.6 Å². The number of hydrogen-bond acceptors (Lipinski definition) is 4. The number of β-amino-alcohol motifs (C(OH)–C–C–N with tert-alkyl or cyclic N) is 1. The molecule has 0 spiro atoms. The minimum absolute atomic E-state index is 0.296. The molecule has 0 unspecified atom stereocenters. The number of likely N-dealkylation sites (N-methyl/N-ethyl adjacent to an activating group) is 1. The summed E-state index contributed by atoms with van der Waals surface area (Å²) in [6.45, 7) is 5.74. The molecule has 0 aromatic heterocycles. The molecule has 0 aliphatic carbocycles. The molecular weight excluding hydrogens is 314 g/mol. The van der Waals surface area contributed by atoms with Crippen molar-refractivity contribution in [1.82, 2.24) is 9.80 Å². The third-order valence-electron chi connectivity index (χ3n) is 4.61. The van der Waals surface area contributed by atoms with E-state index in [0.717, 1.165) is 51.2 Å². The quantitative estimate of drug-likeness (QED) is 0.796. The predicted octanol–water partition coefficient (Wildman–Crippen LogP) is 2.02. The Hall–Kier alpha value is -1.08. The summed E-state index contributed by atoms with van der Waals surface area (Å²) in [4.78, 5) is 4.32. The van der Waals surface area contributed by atoms with E-state index in [1.165, 1.54) is 6.07 Å². The zero-order valence-corrected chi connectivity index (χ0v) is 14.5. The Morgan fingerprint density at radius 1 is 1.21 bits per heavy atom. The summed E-state index contributed by atoms with van der Waals surface area (Å²) in [6.07, 6.45) is 1.01. The maximum atomic E-state index is 13.3. The number of benzene rings is 1. The second-order valence-corrected chi connectivity index (χ2v) is 7.00. The Kier molecular flexibility index (Phi) is 7.10. The lowest BCUT2D eigenvalue weighted by molar-refractivity contribution is 0.0805. The fourth-order valence-electron chi connectivity index (χ4n) is 3.36. The molecule has 1 fully saturated rings. The highest BCUT2D eigenvalue weighted by atomic mass is 19.2. The van der Waals surface area contributed by atoms with Crippen molar-refractivity contribution in [3.05, 3.63) is 35.4 Å². The van der Waals surface area contributed by atoms with E-state index in [0.29, 0.717) is 18.0 Å². The summed E-state index contributed by atoms with van der Waals surface area (Å²) in [5.41, 5.74) is 0.396. The van der Waals surface area contributed by atoms with E-state index < -0.39 is 17.7 Å². The molecule has 1 heterocycles. The van der Waals surface area contributed by atoms with Gasteiger partial charge in [-0.3, -0.25) is 0 Å². The van der Waals surface area contributed by atoms with Gasteiger partial charge in [-0.05, 0) is 63.5 Å². The van der Waals surface area contributed by atoms with Crippen LogP contribution in [0.1, 0.15) is 31.4 Å². The van der Waals surface area contributed by atoms with E-state index in [4.69, 9.17) is 0 Å². The Bertz CT molecular complexity index is 520. The molecule has 0 saturated carbocycles. The molecule has 1 aromatic rings. The normalized spacial score (nSPS) is 19.6. The lowest BCUT2D eigenvalue weighted by Gasteiger charge is -2.34. The Morgan fingerprint density at radius 3 is 2.46 bits per heavy atom. The molecule has 4 nitrogen and oxygen atoms in total.